The number of benzene rings is 2. The molecule has 2 aromatic carbocycles. The molecule has 0 aliphatic carbocycles. The van der Waals surface area contributed by atoms with Gasteiger partial charge in [-0.05, 0) is 36.2 Å². The summed E-state index contributed by atoms with van der Waals surface area (Å²) in [7, 11) is 3.21. The van der Waals surface area contributed by atoms with Crippen molar-refractivity contribution in [3.63, 3.8) is 0 Å². The summed E-state index contributed by atoms with van der Waals surface area (Å²) >= 11 is 1.51. The SMILES string of the molecule is COc1ccc(-c2nc(CC(=O)NCc3ccccc3C)cs2)cc1OC. The Kier molecular flexibility index (Phi) is 6.08. The first kappa shape index (κ1) is 18.9. The fourth-order valence-corrected chi connectivity index (χ4v) is 3.54. The maximum Gasteiger partial charge on any atom is 0.226 e. The van der Waals surface area contributed by atoms with Crippen LogP contribution in [0.15, 0.2) is 47.8 Å². The Labute approximate surface area is 163 Å². The largest absolute Gasteiger partial charge is 0.493 e. The summed E-state index contributed by atoms with van der Waals surface area (Å²) < 4.78 is 10.6. The Hall–Kier alpha value is -2.86. The average Bonchev–Trinajstić information content (AvgIpc) is 3.15. The van der Waals surface area contributed by atoms with E-state index in [0.717, 1.165) is 21.8 Å². The molecule has 3 aromatic rings. The molecule has 140 valence electrons. The molecule has 0 atom stereocenters. The van der Waals surface area contributed by atoms with E-state index in [2.05, 4.69) is 10.3 Å². The molecule has 0 saturated heterocycles. The number of thiazole rings is 1. The molecule has 1 amide bonds. The lowest BCUT2D eigenvalue weighted by atomic mass is 10.1. The average molecular weight is 382 g/mol. The van der Waals surface area contributed by atoms with Crippen molar-refractivity contribution in [2.75, 3.05) is 14.2 Å². The van der Waals surface area contributed by atoms with Crippen molar-refractivity contribution in [1.29, 1.82) is 0 Å². The van der Waals surface area contributed by atoms with Crippen molar-refractivity contribution < 1.29 is 14.3 Å². The molecule has 0 aliphatic rings. The van der Waals surface area contributed by atoms with Crippen LogP contribution in [0.5, 0.6) is 11.5 Å². The minimum atomic E-state index is -0.0394. The fraction of sp³-hybridized carbons (Fsp3) is 0.238. The lowest BCUT2D eigenvalue weighted by Gasteiger charge is -2.08. The van der Waals surface area contributed by atoms with Gasteiger partial charge in [0.15, 0.2) is 11.5 Å². The molecule has 0 radical (unpaired) electrons. The number of aryl methyl sites for hydroxylation is 1. The van der Waals surface area contributed by atoms with Gasteiger partial charge in [0.2, 0.25) is 5.91 Å². The zero-order valence-corrected chi connectivity index (χ0v) is 16.4. The quantitative estimate of drug-likeness (QED) is 0.671. The van der Waals surface area contributed by atoms with Crippen molar-refractivity contribution in [3.8, 4) is 22.1 Å². The van der Waals surface area contributed by atoms with E-state index in [4.69, 9.17) is 9.47 Å². The van der Waals surface area contributed by atoms with Crippen molar-refractivity contribution >= 4 is 17.2 Å². The zero-order valence-electron chi connectivity index (χ0n) is 15.6. The zero-order chi connectivity index (χ0) is 19.2. The summed E-state index contributed by atoms with van der Waals surface area (Å²) in [5, 5.41) is 5.72. The highest BCUT2D eigenvalue weighted by Crippen LogP contribution is 2.33. The van der Waals surface area contributed by atoms with Crippen LogP contribution in [-0.2, 0) is 17.8 Å². The molecule has 0 unspecified atom stereocenters. The highest BCUT2D eigenvalue weighted by Gasteiger charge is 2.12. The summed E-state index contributed by atoms with van der Waals surface area (Å²) in [5.74, 6) is 1.29. The summed E-state index contributed by atoms with van der Waals surface area (Å²) in [6, 6.07) is 13.7. The van der Waals surface area contributed by atoms with Crippen molar-refractivity contribution in [2.24, 2.45) is 0 Å². The topological polar surface area (TPSA) is 60.5 Å². The van der Waals surface area contributed by atoms with Gasteiger partial charge in [-0.15, -0.1) is 11.3 Å². The molecule has 0 spiro atoms. The minimum absolute atomic E-state index is 0.0394. The van der Waals surface area contributed by atoms with Crippen LogP contribution >= 0.6 is 11.3 Å². The van der Waals surface area contributed by atoms with Crippen LogP contribution in [0.4, 0.5) is 0 Å². The number of carbonyl (C=O) groups excluding carboxylic acids is 1. The number of methoxy groups -OCH3 is 2. The van der Waals surface area contributed by atoms with Crippen LogP contribution in [0.2, 0.25) is 0 Å². The monoisotopic (exact) mass is 382 g/mol. The molecule has 0 saturated carbocycles. The third kappa shape index (κ3) is 4.65. The maximum absolute atomic E-state index is 12.2. The normalized spacial score (nSPS) is 10.5. The van der Waals surface area contributed by atoms with Crippen LogP contribution in [0, 0.1) is 6.92 Å². The van der Waals surface area contributed by atoms with E-state index in [1.807, 2.05) is 54.8 Å². The second-order valence-electron chi connectivity index (χ2n) is 6.09. The lowest BCUT2D eigenvalue weighted by Crippen LogP contribution is -2.25. The molecule has 3 rings (SSSR count). The first-order valence-electron chi connectivity index (χ1n) is 8.58. The number of carbonyl (C=O) groups is 1. The van der Waals surface area contributed by atoms with Gasteiger partial charge in [0.1, 0.15) is 5.01 Å². The van der Waals surface area contributed by atoms with Gasteiger partial charge in [-0.25, -0.2) is 4.98 Å². The maximum atomic E-state index is 12.2. The smallest absolute Gasteiger partial charge is 0.226 e. The number of rotatable bonds is 7. The van der Waals surface area contributed by atoms with Gasteiger partial charge in [0.05, 0.1) is 26.3 Å². The molecule has 5 nitrogen and oxygen atoms in total. The van der Waals surface area contributed by atoms with Crippen LogP contribution in [-0.4, -0.2) is 25.1 Å². The van der Waals surface area contributed by atoms with E-state index in [-0.39, 0.29) is 12.3 Å². The number of aromatic nitrogens is 1. The first-order chi connectivity index (χ1) is 13.1. The standard InChI is InChI=1S/C21H22N2O3S/c1-14-6-4-5-7-16(14)12-22-20(24)11-17-13-27-21(23-17)15-8-9-18(25-2)19(10-15)26-3/h4-10,13H,11-12H2,1-3H3,(H,22,24). The second-order valence-corrected chi connectivity index (χ2v) is 6.95. The van der Waals surface area contributed by atoms with Crippen molar-refractivity contribution in [2.45, 2.75) is 19.9 Å². The number of ether oxygens (including phenoxy) is 2. The number of hydrogen-bond donors (Lipinski definition) is 1. The molecule has 1 N–H and O–H groups in total. The van der Waals surface area contributed by atoms with Gasteiger partial charge in [-0.3, -0.25) is 4.79 Å². The second kappa shape index (κ2) is 8.68. The Balaban J connectivity index is 1.64. The van der Waals surface area contributed by atoms with Crippen molar-refractivity contribution in [3.05, 3.63) is 64.7 Å². The number of nitrogens with one attached hydrogen (secondary N) is 1. The predicted octanol–water partition coefficient (Wildman–Crippen LogP) is 3.99. The first-order valence-corrected chi connectivity index (χ1v) is 9.46. The molecule has 0 bridgehead atoms. The van der Waals surface area contributed by atoms with Crippen LogP contribution < -0.4 is 14.8 Å². The van der Waals surface area contributed by atoms with Crippen LogP contribution in [0.3, 0.4) is 0 Å². The molecule has 1 heterocycles. The third-order valence-corrected chi connectivity index (χ3v) is 5.20. The minimum Gasteiger partial charge on any atom is -0.493 e. The van der Waals surface area contributed by atoms with Gasteiger partial charge in [-0.2, -0.15) is 0 Å². The summed E-state index contributed by atoms with van der Waals surface area (Å²) in [4.78, 5) is 16.8. The predicted molar refractivity (Wildman–Crippen MR) is 107 cm³/mol. The molecule has 0 fully saturated rings. The highest BCUT2D eigenvalue weighted by atomic mass is 32.1. The van der Waals surface area contributed by atoms with Gasteiger partial charge in [0, 0.05) is 17.5 Å². The Morgan fingerprint density at radius 3 is 2.63 bits per heavy atom. The molecule has 6 heteroatoms. The summed E-state index contributed by atoms with van der Waals surface area (Å²) in [6.07, 6.45) is 0.260. The number of hydrogen-bond acceptors (Lipinski definition) is 5. The summed E-state index contributed by atoms with van der Waals surface area (Å²) in [6.45, 7) is 2.56. The third-order valence-electron chi connectivity index (χ3n) is 4.26. The Bertz CT molecular complexity index is 937. The van der Waals surface area contributed by atoms with E-state index in [0.29, 0.717) is 18.0 Å². The molecule has 1 aromatic heterocycles. The van der Waals surface area contributed by atoms with E-state index in [1.165, 1.54) is 16.9 Å². The van der Waals surface area contributed by atoms with Crippen LogP contribution in [0.25, 0.3) is 10.6 Å². The van der Waals surface area contributed by atoms with Gasteiger partial charge in [-0.1, -0.05) is 24.3 Å². The van der Waals surface area contributed by atoms with Gasteiger partial charge < -0.3 is 14.8 Å². The van der Waals surface area contributed by atoms with E-state index in [1.54, 1.807) is 14.2 Å². The fourth-order valence-electron chi connectivity index (χ4n) is 2.72. The van der Waals surface area contributed by atoms with Gasteiger partial charge >= 0.3 is 0 Å². The Morgan fingerprint density at radius 1 is 1.11 bits per heavy atom. The van der Waals surface area contributed by atoms with E-state index >= 15 is 0 Å². The molecule has 27 heavy (non-hydrogen) atoms. The molecular weight excluding hydrogens is 360 g/mol. The number of nitrogens with zero attached hydrogens (tertiary/aromatic N) is 1. The highest BCUT2D eigenvalue weighted by molar-refractivity contribution is 7.13. The van der Waals surface area contributed by atoms with Crippen LogP contribution in [0.1, 0.15) is 16.8 Å². The Morgan fingerprint density at radius 2 is 1.89 bits per heavy atom. The lowest BCUT2D eigenvalue weighted by molar-refractivity contribution is -0.120. The van der Waals surface area contributed by atoms with Crippen molar-refractivity contribution in [1.82, 2.24) is 10.3 Å². The van der Waals surface area contributed by atoms with Gasteiger partial charge in [0.25, 0.3) is 0 Å². The van der Waals surface area contributed by atoms with E-state index < -0.39 is 0 Å². The van der Waals surface area contributed by atoms with E-state index in [9.17, 15) is 4.79 Å². The molecule has 0 aliphatic heterocycles. The summed E-state index contributed by atoms with van der Waals surface area (Å²) in [5.41, 5.74) is 3.98. The molecular formula is C21H22N2O3S. The number of amides is 1.